The highest BCUT2D eigenvalue weighted by Gasteiger charge is 2.01. The third-order valence-electron chi connectivity index (χ3n) is 3.21. The molecule has 6 nitrogen and oxygen atoms in total. The molecular formula is C15H29N5OS. The van der Waals surface area contributed by atoms with Gasteiger partial charge in [0.15, 0.2) is 5.96 Å². The molecule has 1 aromatic heterocycles. The molecule has 7 heteroatoms. The van der Waals surface area contributed by atoms with Crippen molar-refractivity contribution < 1.29 is 4.74 Å². The quantitative estimate of drug-likeness (QED) is 0.383. The molecule has 0 fully saturated rings. The van der Waals surface area contributed by atoms with Gasteiger partial charge in [-0.25, -0.2) is 4.98 Å². The summed E-state index contributed by atoms with van der Waals surface area (Å²) in [5, 5.41) is 7.82. The number of aromatic nitrogens is 1. The Morgan fingerprint density at radius 2 is 2.14 bits per heavy atom. The number of nitrogens with one attached hydrogen (secondary N) is 2. The van der Waals surface area contributed by atoms with Crippen molar-refractivity contribution >= 4 is 17.3 Å². The molecule has 1 heterocycles. The number of guanidine groups is 1. The van der Waals surface area contributed by atoms with E-state index < -0.39 is 0 Å². The maximum atomic E-state index is 5.07. The summed E-state index contributed by atoms with van der Waals surface area (Å²) in [7, 11) is 5.65. The highest BCUT2D eigenvalue weighted by atomic mass is 32.1. The number of aryl methyl sites for hydroxylation is 1. The summed E-state index contributed by atoms with van der Waals surface area (Å²) in [6.07, 6.45) is 3.93. The summed E-state index contributed by atoms with van der Waals surface area (Å²) in [5.41, 5.74) is 0. The van der Waals surface area contributed by atoms with E-state index in [4.69, 9.17) is 4.74 Å². The van der Waals surface area contributed by atoms with Crippen LogP contribution in [0, 0.1) is 6.92 Å². The fraction of sp³-hybridized carbons (Fsp3) is 0.733. The third kappa shape index (κ3) is 8.31. The van der Waals surface area contributed by atoms with Gasteiger partial charge in [-0.15, -0.1) is 11.3 Å². The number of nitrogens with zero attached hydrogens (tertiary/aromatic N) is 3. The van der Waals surface area contributed by atoms with E-state index in [9.17, 15) is 0 Å². The van der Waals surface area contributed by atoms with Crippen LogP contribution in [0.5, 0.6) is 0 Å². The minimum absolute atomic E-state index is 0.781. The molecule has 0 saturated carbocycles. The molecule has 22 heavy (non-hydrogen) atoms. The molecule has 0 spiro atoms. The first-order valence-electron chi connectivity index (χ1n) is 7.69. The predicted molar refractivity (Wildman–Crippen MR) is 93.9 cm³/mol. The zero-order chi connectivity index (χ0) is 16.2. The molecule has 0 radical (unpaired) electrons. The van der Waals surface area contributed by atoms with Crippen LogP contribution in [0.25, 0.3) is 0 Å². The standard InChI is InChI=1S/C15H29N5OS/c1-13-12-19-14(22-13)6-8-18-15(16-2)17-7-5-9-20(3)10-11-21-4/h12H,5-11H2,1-4H3,(H2,16,17,18). The number of methoxy groups -OCH3 is 1. The highest BCUT2D eigenvalue weighted by Crippen LogP contribution is 2.10. The van der Waals surface area contributed by atoms with E-state index in [1.54, 1.807) is 25.5 Å². The molecule has 0 amide bonds. The minimum Gasteiger partial charge on any atom is -0.383 e. The molecule has 0 unspecified atom stereocenters. The number of hydrogen-bond acceptors (Lipinski definition) is 5. The van der Waals surface area contributed by atoms with Crippen molar-refractivity contribution in [1.82, 2.24) is 20.5 Å². The number of likely N-dealkylation sites (N-methyl/N-ethyl adjacent to an activating group) is 1. The molecule has 0 bridgehead atoms. The van der Waals surface area contributed by atoms with Gasteiger partial charge in [0.1, 0.15) is 0 Å². The maximum absolute atomic E-state index is 5.07. The minimum atomic E-state index is 0.781. The molecule has 0 aliphatic carbocycles. The van der Waals surface area contributed by atoms with Crippen LogP contribution in [0.2, 0.25) is 0 Å². The van der Waals surface area contributed by atoms with Crippen LogP contribution in [0.15, 0.2) is 11.2 Å². The van der Waals surface area contributed by atoms with Crippen LogP contribution in [0.4, 0.5) is 0 Å². The van der Waals surface area contributed by atoms with Crippen LogP contribution in [0.1, 0.15) is 16.3 Å². The second-order valence-corrected chi connectivity index (χ2v) is 6.51. The van der Waals surface area contributed by atoms with Gasteiger partial charge >= 0.3 is 0 Å². The average Bonchev–Trinajstić information content (AvgIpc) is 2.93. The molecule has 126 valence electrons. The fourth-order valence-corrected chi connectivity index (χ4v) is 2.73. The summed E-state index contributed by atoms with van der Waals surface area (Å²) in [6.45, 7) is 6.64. The van der Waals surface area contributed by atoms with E-state index in [1.165, 1.54) is 9.88 Å². The SMILES string of the molecule is CN=C(NCCCN(C)CCOC)NCCc1ncc(C)s1. The van der Waals surface area contributed by atoms with Crippen LogP contribution in [-0.4, -0.2) is 69.8 Å². The van der Waals surface area contributed by atoms with Gasteiger partial charge in [-0.05, 0) is 26.9 Å². The van der Waals surface area contributed by atoms with E-state index in [1.807, 2.05) is 6.20 Å². The second-order valence-electron chi connectivity index (χ2n) is 5.19. The number of hydrogen-bond donors (Lipinski definition) is 2. The van der Waals surface area contributed by atoms with E-state index in [0.29, 0.717) is 0 Å². The summed E-state index contributed by atoms with van der Waals surface area (Å²) >= 11 is 1.75. The van der Waals surface area contributed by atoms with Crippen molar-refractivity contribution in [2.24, 2.45) is 4.99 Å². The van der Waals surface area contributed by atoms with Crippen molar-refractivity contribution in [3.05, 3.63) is 16.1 Å². The number of rotatable bonds is 10. The fourth-order valence-electron chi connectivity index (χ4n) is 1.94. The predicted octanol–water partition coefficient (Wildman–Crippen LogP) is 1.13. The molecule has 1 aromatic rings. The first-order chi connectivity index (χ1) is 10.7. The lowest BCUT2D eigenvalue weighted by Crippen LogP contribution is -2.39. The van der Waals surface area contributed by atoms with Gasteiger partial charge in [0, 0.05) is 51.3 Å². The van der Waals surface area contributed by atoms with E-state index >= 15 is 0 Å². The van der Waals surface area contributed by atoms with Gasteiger partial charge in [0.05, 0.1) is 11.6 Å². The zero-order valence-electron chi connectivity index (χ0n) is 14.2. The normalized spacial score (nSPS) is 12.0. The van der Waals surface area contributed by atoms with Gasteiger partial charge in [-0.2, -0.15) is 0 Å². The van der Waals surface area contributed by atoms with Crippen molar-refractivity contribution in [1.29, 1.82) is 0 Å². The van der Waals surface area contributed by atoms with Gasteiger partial charge in [0.25, 0.3) is 0 Å². The molecular weight excluding hydrogens is 298 g/mol. The van der Waals surface area contributed by atoms with Crippen molar-refractivity contribution in [3.8, 4) is 0 Å². The second kappa shape index (κ2) is 11.4. The van der Waals surface area contributed by atoms with Crippen molar-refractivity contribution in [3.63, 3.8) is 0 Å². The molecule has 2 N–H and O–H groups in total. The molecule has 0 aromatic carbocycles. The van der Waals surface area contributed by atoms with Crippen molar-refractivity contribution in [2.75, 3.05) is 54.0 Å². The summed E-state index contributed by atoms with van der Waals surface area (Å²) < 4.78 is 5.07. The Morgan fingerprint density at radius 1 is 1.36 bits per heavy atom. The van der Waals surface area contributed by atoms with Gasteiger partial charge in [-0.1, -0.05) is 0 Å². The number of ether oxygens (including phenoxy) is 1. The Kier molecular flexibility index (Phi) is 9.77. The number of thiazole rings is 1. The van der Waals surface area contributed by atoms with Crippen LogP contribution < -0.4 is 10.6 Å². The lowest BCUT2D eigenvalue weighted by atomic mass is 10.4. The van der Waals surface area contributed by atoms with Gasteiger partial charge in [0.2, 0.25) is 0 Å². The van der Waals surface area contributed by atoms with Gasteiger partial charge in [-0.3, -0.25) is 4.99 Å². The number of aliphatic imine (C=N–C) groups is 1. The van der Waals surface area contributed by atoms with E-state index in [0.717, 1.165) is 51.6 Å². The lowest BCUT2D eigenvalue weighted by molar-refractivity contribution is 0.161. The molecule has 0 saturated heterocycles. The van der Waals surface area contributed by atoms with E-state index in [2.05, 4.69) is 39.5 Å². The smallest absolute Gasteiger partial charge is 0.190 e. The van der Waals surface area contributed by atoms with Crippen LogP contribution >= 0.6 is 11.3 Å². The molecule has 0 atom stereocenters. The maximum Gasteiger partial charge on any atom is 0.190 e. The monoisotopic (exact) mass is 327 g/mol. The van der Waals surface area contributed by atoms with E-state index in [-0.39, 0.29) is 0 Å². The van der Waals surface area contributed by atoms with Crippen LogP contribution in [0.3, 0.4) is 0 Å². The highest BCUT2D eigenvalue weighted by molar-refractivity contribution is 7.11. The topological polar surface area (TPSA) is 61.8 Å². The van der Waals surface area contributed by atoms with Crippen molar-refractivity contribution in [2.45, 2.75) is 19.8 Å². The first kappa shape index (κ1) is 18.9. The zero-order valence-corrected chi connectivity index (χ0v) is 15.0. The Labute approximate surface area is 138 Å². The summed E-state index contributed by atoms with van der Waals surface area (Å²) in [6, 6.07) is 0. The van der Waals surface area contributed by atoms with Crippen LogP contribution in [-0.2, 0) is 11.2 Å². The Hall–Kier alpha value is -1.18. The largest absolute Gasteiger partial charge is 0.383 e. The first-order valence-corrected chi connectivity index (χ1v) is 8.50. The molecule has 1 rings (SSSR count). The Bertz CT molecular complexity index is 435. The Balaban J connectivity index is 2.09. The average molecular weight is 327 g/mol. The third-order valence-corrected chi connectivity index (χ3v) is 4.18. The lowest BCUT2D eigenvalue weighted by Gasteiger charge is -2.16. The molecule has 0 aliphatic rings. The molecule has 0 aliphatic heterocycles. The Morgan fingerprint density at radius 3 is 2.77 bits per heavy atom. The van der Waals surface area contributed by atoms with Gasteiger partial charge < -0.3 is 20.3 Å². The summed E-state index contributed by atoms with van der Waals surface area (Å²) in [4.78, 5) is 12.1. The summed E-state index contributed by atoms with van der Waals surface area (Å²) in [5.74, 6) is 0.854.